The van der Waals surface area contributed by atoms with Crippen molar-refractivity contribution < 1.29 is 42.1 Å². The summed E-state index contributed by atoms with van der Waals surface area (Å²) >= 11 is 0. The monoisotopic (exact) mass is 1270 g/mol. The van der Waals surface area contributed by atoms with Crippen LogP contribution in [0.1, 0.15) is 271 Å². The van der Waals surface area contributed by atoms with Crippen molar-refractivity contribution in [2.45, 2.75) is 277 Å². The van der Waals surface area contributed by atoms with Crippen LogP contribution < -0.4 is 4.89 Å². The third-order valence-corrected chi connectivity index (χ3v) is 15.7. The molecule has 0 spiro atoms. The molecule has 0 aliphatic heterocycles. The molecule has 0 bridgehead atoms. The summed E-state index contributed by atoms with van der Waals surface area (Å²) in [7, 11) is 1.12. The molecule has 0 N–H and O–H groups in total. The van der Waals surface area contributed by atoms with Crippen LogP contribution in [0.3, 0.4) is 0 Å². The number of rotatable bonds is 64. The minimum absolute atomic E-state index is 0.0465. The average Bonchev–Trinajstić information content (AvgIpc) is 3.58. The summed E-state index contributed by atoms with van der Waals surface area (Å²) in [6, 6.07) is 0. The minimum Gasteiger partial charge on any atom is -0.756 e. The third-order valence-electron chi connectivity index (χ3n) is 14.7. The summed E-state index contributed by atoms with van der Waals surface area (Å²) < 4.78 is 34.3. The van der Waals surface area contributed by atoms with E-state index < -0.39 is 32.5 Å². The van der Waals surface area contributed by atoms with Gasteiger partial charge in [0.25, 0.3) is 7.82 Å². The van der Waals surface area contributed by atoms with Crippen LogP contribution in [0.15, 0.2) is 170 Å². The lowest BCUT2D eigenvalue weighted by atomic mass is 10.0. The molecular weight excluding hydrogens is 1130 g/mol. The van der Waals surface area contributed by atoms with E-state index in [0.29, 0.717) is 17.4 Å². The smallest absolute Gasteiger partial charge is 0.306 e. The highest BCUT2D eigenvalue weighted by molar-refractivity contribution is 7.45. The normalized spacial score (nSPS) is 14.2. The summed E-state index contributed by atoms with van der Waals surface area (Å²) in [5.74, 6) is -0.880. The van der Waals surface area contributed by atoms with Crippen molar-refractivity contribution in [2.24, 2.45) is 0 Å². The van der Waals surface area contributed by atoms with Gasteiger partial charge in [0.05, 0.1) is 27.7 Å². The molecule has 9 nitrogen and oxygen atoms in total. The quantitative estimate of drug-likeness (QED) is 0.0195. The maximum Gasteiger partial charge on any atom is 0.306 e. The van der Waals surface area contributed by atoms with E-state index in [9.17, 15) is 19.0 Å². The first-order chi connectivity index (χ1) is 44.0. The number of phosphoric ester groups is 1. The molecule has 90 heavy (non-hydrogen) atoms. The maximum atomic E-state index is 12.9. The van der Waals surface area contributed by atoms with E-state index in [-0.39, 0.29) is 26.1 Å². The molecule has 0 aliphatic rings. The summed E-state index contributed by atoms with van der Waals surface area (Å²) in [6.45, 7) is 4.07. The first-order valence-electron chi connectivity index (χ1n) is 35.8. The van der Waals surface area contributed by atoms with Gasteiger partial charge in [-0.15, -0.1) is 0 Å². The Hall–Kier alpha value is -4.63. The third kappa shape index (κ3) is 72.4. The fourth-order valence-electron chi connectivity index (χ4n) is 9.26. The number of hydrogen-bond acceptors (Lipinski definition) is 8. The lowest BCUT2D eigenvalue weighted by molar-refractivity contribution is -0.870. The highest BCUT2D eigenvalue weighted by atomic mass is 31.2. The van der Waals surface area contributed by atoms with E-state index >= 15 is 0 Å². The second-order valence-corrected chi connectivity index (χ2v) is 25.9. The minimum atomic E-state index is -4.67. The molecule has 510 valence electrons. The summed E-state index contributed by atoms with van der Waals surface area (Å²) in [5, 5.41) is 0. The Morgan fingerprint density at radius 3 is 0.956 bits per heavy atom. The van der Waals surface area contributed by atoms with Gasteiger partial charge >= 0.3 is 11.9 Å². The zero-order chi connectivity index (χ0) is 65.5. The molecule has 0 rings (SSSR count). The van der Waals surface area contributed by atoms with E-state index in [1.807, 2.05) is 21.1 Å². The van der Waals surface area contributed by atoms with Crippen LogP contribution >= 0.6 is 7.82 Å². The summed E-state index contributed by atoms with van der Waals surface area (Å²) in [4.78, 5) is 38.1. The van der Waals surface area contributed by atoms with Gasteiger partial charge in [-0.2, -0.15) is 0 Å². The molecule has 2 unspecified atom stereocenters. The second kappa shape index (κ2) is 68.7. The van der Waals surface area contributed by atoms with Gasteiger partial charge < -0.3 is 27.9 Å². The fourth-order valence-corrected chi connectivity index (χ4v) is 9.99. The van der Waals surface area contributed by atoms with Gasteiger partial charge in [-0.1, -0.05) is 293 Å². The molecule has 0 saturated heterocycles. The number of carbonyl (C=O) groups is 2. The van der Waals surface area contributed by atoms with Crippen LogP contribution in [-0.2, 0) is 32.7 Å². The van der Waals surface area contributed by atoms with Crippen molar-refractivity contribution in [2.75, 3.05) is 47.5 Å². The Kier molecular flexibility index (Phi) is 65.2. The van der Waals surface area contributed by atoms with Crippen molar-refractivity contribution >= 4 is 19.8 Å². The van der Waals surface area contributed by atoms with Crippen LogP contribution in [0.25, 0.3) is 0 Å². The highest BCUT2D eigenvalue weighted by Gasteiger charge is 2.22. The molecule has 0 saturated carbocycles. The van der Waals surface area contributed by atoms with Crippen molar-refractivity contribution in [3.05, 3.63) is 170 Å². The second-order valence-electron chi connectivity index (χ2n) is 24.5. The summed E-state index contributed by atoms with van der Waals surface area (Å²) in [5.41, 5.74) is 0. The lowest BCUT2D eigenvalue weighted by Crippen LogP contribution is -2.37. The van der Waals surface area contributed by atoms with Crippen molar-refractivity contribution in [1.29, 1.82) is 0 Å². The van der Waals surface area contributed by atoms with Gasteiger partial charge in [0.1, 0.15) is 19.8 Å². The molecule has 0 amide bonds. The zero-order valence-corrected chi connectivity index (χ0v) is 58.9. The van der Waals surface area contributed by atoms with Crippen LogP contribution in [0.4, 0.5) is 0 Å². The van der Waals surface area contributed by atoms with Crippen molar-refractivity contribution in [1.82, 2.24) is 0 Å². The molecule has 0 heterocycles. The largest absolute Gasteiger partial charge is 0.756 e. The first kappa shape index (κ1) is 85.4. The van der Waals surface area contributed by atoms with Gasteiger partial charge in [-0.25, -0.2) is 0 Å². The number of unbranched alkanes of at least 4 members (excludes halogenated alkanes) is 22. The standard InChI is InChI=1S/C80H132NO8P/c1-6-8-10-12-14-16-18-20-22-24-26-28-30-32-34-36-37-38-39-40-41-42-43-45-47-49-51-53-55-57-59-61-63-65-67-69-71-73-80(83)89-78(77-88-90(84,85)87-75-74-81(3,4)5)76-86-79(82)72-70-68-66-64-62-60-58-56-54-52-50-48-46-44-35-33-31-29-27-25-23-21-19-17-15-13-11-9-7-2/h8,10,14,16,19-22,25-28,31-34,37-38,40-41,43,45,49,51,55,57,61,63,78H,6-7,9,11-13,15,17-18,23-24,29-30,35-36,39,42,44,46-48,50,52-54,56,58-60,62,64-77H2,1-5H3/b10-8-,16-14-,21-19-,22-20-,27-25-,28-26-,33-31-,34-32-,38-37-,41-40-,45-43-,51-49-,57-55-,63-61-. The van der Waals surface area contributed by atoms with E-state index in [2.05, 4.69) is 184 Å². The number of esters is 2. The summed E-state index contributed by atoms with van der Waals surface area (Å²) in [6.07, 6.45) is 104. The molecule has 0 aromatic carbocycles. The molecule has 0 fully saturated rings. The van der Waals surface area contributed by atoms with Gasteiger partial charge in [-0.05, 0) is 135 Å². The number of phosphoric acid groups is 1. The molecule has 0 aliphatic carbocycles. The van der Waals surface area contributed by atoms with Crippen LogP contribution in [0.5, 0.6) is 0 Å². The predicted octanol–water partition coefficient (Wildman–Crippen LogP) is 23.1. The topological polar surface area (TPSA) is 111 Å². The van der Waals surface area contributed by atoms with Crippen LogP contribution in [-0.4, -0.2) is 70.0 Å². The molecular formula is C80H132NO8P. The molecule has 0 radical (unpaired) electrons. The Morgan fingerprint density at radius 2 is 0.633 bits per heavy atom. The lowest BCUT2D eigenvalue weighted by Gasteiger charge is -2.28. The van der Waals surface area contributed by atoms with E-state index in [1.165, 1.54) is 109 Å². The Bertz CT molecular complexity index is 2130. The van der Waals surface area contributed by atoms with Crippen molar-refractivity contribution in [3.8, 4) is 0 Å². The Balaban J connectivity index is 4.19. The van der Waals surface area contributed by atoms with Crippen molar-refractivity contribution in [3.63, 3.8) is 0 Å². The van der Waals surface area contributed by atoms with E-state index in [1.54, 1.807) is 0 Å². The first-order valence-corrected chi connectivity index (χ1v) is 37.3. The maximum absolute atomic E-state index is 12.9. The van der Waals surface area contributed by atoms with Gasteiger partial charge in [0, 0.05) is 12.8 Å². The Morgan fingerprint density at radius 1 is 0.356 bits per heavy atom. The van der Waals surface area contributed by atoms with Gasteiger partial charge in [0.2, 0.25) is 0 Å². The van der Waals surface area contributed by atoms with E-state index in [4.69, 9.17) is 18.5 Å². The Labute approximate surface area is 553 Å². The fraction of sp³-hybridized carbons (Fsp3) is 0.625. The highest BCUT2D eigenvalue weighted by Crippen LogP contribution is 2.38. The molecule has 0 aromatic heterocycles. The van der Waals surface area contributed by atoms with Crippen LogP contribution in [0, 0.1) is 0 Å². The van der Waals surface area contributed by atoms with Gasteiger partial charge in [0.15, 0.2) is 6.10 Å². The molecule has 2 atom stereocenters. The number of quaternary nitrogens is 1. The average molecular weight is 1270 g/mol. The number of likely N-dealkylation sites (N-methyl/N-ethyl adjacent to an activating group) is 1. The van der Waals surface area contributed by atoms with E-state index in [0.717, 1.165) is 128 Å². The number of ether oxygens (including phenoxy) is 2. The number of allylic oxidation sites excluding steroid dienone is 28. The predicted molar refractivity (Wildman–Crippen MR) is 387 cm³/mol. The number of nitrogens with zero attached hydrogens (tertiary/aromatic N) is 1. The van der Waals surface area contributed by atoms with Gasteiger partial charge in [-0.3, -0.25) is 14.2 Å². The number of carbonyl (C=O) groups excluding carboxylic acids is 2. The SMILES string of the molecule is CC/C=C\C/C=C\C/C=C\C/C=C\C/C=C\C/C=C\C/C=C\C/C=C\C/C=C\C/C=C\C/C=C\CCCCCC(=O)OC(COC(=O)CCCCCCCCCCCCCCCC/C=C\C/C=C\C/C=C\CCCCCCC)COP(=O)([O-])OCC[N+](C)(C)C. The zero-order valence-electron chi connectivity index (χ0n) is 58.0. The van der Waals surface area contributed by atoms with Crippen LogP contribution in [0.2, 0.25) is 0 Å². The number of hydrogen-bond donors (Lipinski definition) is 0. The molecule has 10 heteroatoms. The molecule has 0 aromatic rings.